The zero-order chi connectivity index (χ0) is 22.7. The van der Waals surface area contributed by atoms with Crippen LogP contribution in [-0.2, 0) is 4.79 Å². The van der Waals surface area contributed by atoms with Crippen LogP contribution in [0.5, 0.6) is 0 Å². The fraction of sp³-hybridized carbons (Fsp3) is 0.0870. The van der Waals surface area contributed by atoms with Crippen molar-refractivity contribution in [2.75, 3.05) is 5.32 Å². The molecule has 0 radical (unpaired) electrons. The van der Waals surface area contributed by atoms with Crippen LogP contribution in [0.1, 0.15) is 27.3 Å². The number of carbonyl (C=O) groups excluding carboxylic acids is 1. The lowest BCUT2D eigenvalue weighted by molar-refractivity contribution is -0.112. The first-order valence-corrected chi connectivity index (χ1v) is 10.3. The van der Waals surface area contributed by atoms with Crippen LogP contribution in [0.2, 0.25) is 5.02 Å². The molecule has 0 unspecified atom stereocenters. The van der Waals surface area contributed by atoms with Gasteiger partial charge in [0.05, 0.1) is 16.3 Å². The molecule has 2 N–H and O–H groups in total. The zero-order valence-electron chi connectivity index (χ0n) is 16.6. The highest BCUT2D eigenvalue weighted by Crippen LogP contribution is 2.29. The highest BCUT2D eigenvalue weighted by Gasteiger charge is 2.17. The number of aromatic carboxylic acids is 1. The quantitative estimate of drug-likeness (QED) is 0.346. The van der Waals surface area contributed by atoms with Gasteiger partial charge in [-0.15, -0.1) is 0 Å². The van der Waals surface area contributed by atoms with Crippen molar-refractivity contribution in [2.45, 2.75) is 13.8 Å². The van der Waals surface area contributed by atoms with Gasteiger partial charge in [0.15, 0.2) is 0 Å². The first-order chi connectivity index (χ1) is 14.7. The van der Waals surface area contributed by atoms with Crippen molar-refractivity contribution in [2.24, 2.45) is 0 Å². The minimum atomic E-state index is -1.06. The van der Waals surface area contributed by atoms with Crippen LogP contribution in [0.3, 0.4) is 0 Å². The number of hydrogen-bond acceptors (Lipinski definition) is 3. The molecule has 0 aliphatic heterocycles. The lowest BCUT2D eigenvalue weighted by Gasteiger charge is -2.12. The summed E-state index contributed by atoms with van der Waals surface area (Å²) in [5.41, 5.74) is 3.25. The number of carboxylic acid groups (broad SMARTS) is 1. The summed E-state index contributed by atoms with van der Waals surface area (Å²) in [6, 6.07) is 15.3. The van der Waals surface area contributed by atoms with E-state index in [1.807, 2.05) is 32.0 Å². The minimum absolute atomic E-state index is 0.0643. The van der Waals surface area contributed by atoms with E-state index in [-0.39, 0.29) is 11.1 Å². The molecule has 3 aromatic rings. The minimum Gasteiger partial charge on any atom is -0.478 e. The Balaban J connectivity index is 2.00. The molecule has 0 atom stereocenters. The van der Waals surface area contributed by atoms with Gasteiger partial charge in [0.25, 0.3) is 5.91 Å². The van der Waals surface area contributed by atoms with Gasteiger partial charge in [-0.05, 0) is 68.0 Å². The van der Waals surface area contributed by atoms with Gasteiger partial charge in [-0.25, -0.2) is 4.79 Å². The van der Waals surface area contributed by atoms with Gasteiger partial charge >= 0.3 is 5.97 Å². The number of rotatable bonds is 5. The van der Waals surface area contributed by atoms with Gasteiger partial charge in [0, 0.05) is 21.5 Å². The molecule has 1 amide bonds. The predicted octanol–water partition coefficient (Wildman–Crippen LogP) is 5.75. The van der Waals surface area contributed by atoms with Crippen LogP contribution in [-0.4, -0.2) is 21.6 Å². The first kappa shape index (κ1) is 22.3. The number of amides is 1. The van der Waals surface area contributed by atoms with E-state index in [9.17, 15) is 20.0 Å². The maximum Gasteiger partial charge on any atom is 0.335 e. The van der Waals surface area contributed by atoms with Gasteiger partial charge in [0.2, 0.25) is 0 Å². The Morgan fingerprint density at radius 1 is 1.19 bits per heavy atom. The van der Waals surface area contributed by atoms with Crippen molar-refractivity contribution in [3.63, 3.8) is 0 Å². The second-order valence-corrected chi connectivity index (χ2v) is 8.09. The third kappa shape index (κ3) is 4.88. The van der Waals surface area contributed by atoms with Crippen LogP contribution in [0.4, 0.5) is 5.69 Å². The summed E-state index contributed by atoms with van der Waals surface area (Å²) in [5.74, 6) is -1.59. The van der Waals surface area contributed by atoms with Crippen LogP contribution < -0.4 is 5.32 Å². The van der Waals surface area contributed by atoms with Gasteiger partial charge in [-0.2, -0.15) is 5.26 Å². The lowest BCUT2D eigenvalue weighted by atomic mass is 10.1. The summed E-state index contributed by atoms with van der Waals surface area (Å²) in [6.07, 6.45) is 1.50. The summed E-state index contributed by atoms with van der Waals surface area (Å²) in [7, 11) is 0. The monoisotopic (exact) mass is 497 g/mol. The van der Waals surface area contributed by atoms with E-state index in [2.05, 4.69) is 21.2 Å². The second kappa shape index (κ2) is 9.21. The molecule has 3 rings (SSSR count). The highest BCUT2D eigenvalue weighted by molar-refractivity contribution is 9.10. The molecule has 8 heteroatoms. The first-order valence-electron chi connectivity index (χ1n) is 9.12. The van der Waals surface area contributed by atoms with E-state index in [0.29, 0.717) is 27.7 Å². The molecule has 31 heavy (non-hydrogen) atoms. The molecular weight excluding hydrogens is 482 g/mol. The number of carbonyl (C=O) groups is 2. The maximum absolute atomic E-state index is 12.6. The standard InChI is InChI=1S/C23H17BrClN3O3/c1-13-8-16(9-17(12-26)22(29)27-19-5-3-4-18(24)11-19)14(2)28(13)21-10-15(23(30)31)6-7-20(21)25/h3-11H,1-2H3,(H,27,29)(H,30,31)/b17-9-. The Labute approximate surface area is 192 Å². The Kier molecular flexibility index (Phi) is 6.64. The molecule has 0 bridgehead atoms. The zero-order valence-corrected chi connectivity index (χ0v) is 19.0. The Bertz CT molecular complexity index is 1270. The predicted molar refractivity (Wildman–Crippen MR) is 124 cm³/mol. The normalized spacial score (nSPS) is 11.1. The molecule has 0 aliphatic rings. The number of hydrogen-bond donors (Lipinski definition) is 2. The van der Waals surface area contributed by atoms with Gasteiger partial charge < -0.3 is 15.0 Å². The van der Waals surface area contributed by atoms with Crippen molar-refractivity contribution in [3.05, 3.63) is 86.1 Å². The van der Waals surface area contributed by atoms with Crippen molar-refractivity contribution in [1.29, 1.82) is 5.26 Å². The van der Waals surface area contributed by atoms with E-state index < -0.39 is 11.9 Å². The number of halogens is 2. The Hall–Kier alpha value is -3.34. The summed E-state index contributed by atoms with van der Waals surface area (Å²) >= 11 is 9.67. The molecule has 0 spiro atoms. The van der Waals surface area contributed by atoms with Crippen LogP contribution >= 0.6 is 27.5 Å². The van der Waals surface area contributed by atoms with Crippen LogP contribution in [0, 0.1) is 25.2 Å². The fourth-order valence-corrected chi connectivity index (χ4v) is 3.79. The number of anilines is 1. The largest absolute Gasteiger partial charge is 0.478 e. The highest BCUT2D eigenvalue weighted by atomic mass is 79.9. The van der Waals surface area contributed by atoms with Crippen LogP contribution in [0.25, 0.3) is 11.8 Å². The molecule has 6 nitrogen and oxygen atoms in total. The molecule has 0 saturated carbocycles. The number of aromatic nitrogens is 1. The topological polar surface area (TPSA) is 95.1 Å². The van der Waals surface area contributed by atoms with E-state index in [1.54, 1.807) is 22.8 Å². The van der Waals surface area contributed by atoms with E-state index in [0.717, 1.165) is 10.2 Å². The third-order valence-electron chi connectivity index (χ3n) is 4.65. The number of nitrogens with one attached hydrogen (secondary N) is 1. The number of nitriles is 1. The summed E-state index contributed by atoms with van der Waals surface area (Å²) in [5, 5.41) is 21.9. The van der Waals surface area contributed by atoms with Crippen molar-refractivity contribution < 1.29 is 14.7 Å². The molecule has 0 fully saturated rings. The van der Waals surface area contributed by atoms with Gasteiger partial charge in [-0.1, -0.05) is 33.6 Å². The molecular formula is C23H17BrClN3O3. The Morgan fingerprint density at radius 2 is 1.94 bits per heavy atom. The van der Waals surface area contributed by atoms with E-state index in [4.69, 9.17) is 11.6 Å². The SMILES string of the molecule is Cc1cc(/C=C(/C#N)C(=O)Nc2cccc(Br)c2)c(C)n1-c1cc(C(=O)O)ccc1Cl. The fourth-order valence-electron chi connectivity index (χ4n) is 3.19. The van der Waals surface area contributed by atoms with Crippen molar-refractivity contribution in [3.8, 4) is 11.8 Å². The van der Waals surface area contributed by atoms with E-state index in [1.165, 1.54) is 24.3 Å². The molecule has 1 aromatic heterocycles. The molecule has 156 valence electrons. The van der Waals surface area contributed by atoms with Gasteiger partial charge in [0.1, 0.15) is 11.6 Å². The summed E-state index contributed by atoms with van der Waals surface area (Å²) in [4.78, 5) is 24.0. The number of benzene rings is 2. The smallest absolute Gasteiger partial charge is 0.335 e. The maximum atomic E-state index is 12.6. The van der Waals surface area contributed by atoms with E-state index >= 15 is 0 Å². The third-order valence-corrected chi connectivity index (χ3v) is 5.46. The number of nitrogens with zero attached hydrogens (tertiary/aromatic N) is 2. The van der Waals surface area contributed by atoms with Crippen LogP contribution in [0.15, 0.2) is 58.6 Å². The average Bonchev–Trinajstić information content (AvgIpc) is 2.99. The lowest BCUT2D eigenvalue weighted by Crippen LogP contribution is -2.13. The molecule has 2 aromatic carbocycles. The Morgan fingerprint density at radius 3 is 2.58 bits per heavy atom. The van der Waals surface area contributed by atoms with Crippen molar-refractivity contribution >= 4 is 51.2 Å². The number of carboxylic acids is 1. The average molecular weight is 499 g/mol. The molecule has 0 saturated heterocycles. The van der Waals surface area contributed by atoms with Gasteiger partial charge in [-0.3, -0.25) is 4.79 Å². The summed E-state index contributed by atoms with van der Waals surface area (Å²) in [6.45, 7) is 3.64. The molecule has 0 aliphatic carbocycles. The van der Waals surface area contributed by atoms with Crippen molar-refractivity contribution in [1.82, 2.24) is 4.57 Å². The number of aryl methyl sites for hydroxylation is 1. The second-order valence-electron chi connectivity index (χ2n) is 6.77. The molecule has 1 heterocycles. The summed E-state index contributed by atoms with van der Waals surface area (Å²) < 4.78 is 2.60.